The molecule has 1 aliphatic rings. The summed E-state index contributed by atoms with van der Waals surface area (Å²) >= 11 is 0. The largest absolute Gasteiger partial charge is 0.380 e. The van der Waals surface area contributed by atoms with Gasteiger partial charge in [-0.25, -0.2) is 0 Å². The number of anilines is 1. The minimum Gasteiger partial charge on any atom is -0.380 e. The molecule has 0 radical (unpaired) electrons. The summed E-state index contributed by atoms with van der Waals surface area (Å²) in [6, 6.07) is 5.02. The Bertz CT molecular complexity index is 458. The lowest BCUT2D eigenvalue weighted by Crippen LogP contribution is -2.13. The maximum atomic E-state index is 10.9. The molecule has 1 heterocycles. The third-order valence-corrected chi connectivity index (χ3v) is 3.22. The van der Waals surface area contributed by atoms with E-state index in [0.29, 0.717) is 25.4 Å². The average Bonchev–Trinajstić information content (AvgIpc) is 2.92. The molecule has 1 aliphatic heterocycles. The second-order valence-electron chi connectivity index (χ2n) is 4.79. The number of nitro groups is 1. The highest BCUT2D eigenvalue weighted by Crippen LogP contribution is 2.25. The van der Waals surface area contributed by atoms with Gasteiger partial charge in [0.1, 0.15) is 5.69 Å². The van der Waals surface area contributed by atoms with Crippen LogP contribution in [0, 0.1) is 10.1 Å². The van der Waals surface area contributed by atoms with Gasteiger partial charge < -0.3 is 14.8 Å². The van der Waals surface area contributed by atoms with E-state index in [4.69, 9.17) is 9.47 Å². The van der Waals surface area contributed by atoms with Gasteiger partial charge in [-0.05, 0) is 37.5 Å². The molecule has 6 nitrogen and oxygen atoms in total. The van der Waals surface area contributed by atoms with E-state index in [9.17, 15) is 10.1 Å². The lowest BCUT2D eigenvalue weighted by molar-refractivity contribution is -0.384. The number of nitrogens with zero attached hydrogens (tertiary/aromatic N) is 1. The number of rotatable bonds is 7. The predicted molar refractivity (Wildman–Crippen MR) is 75.9 cm³/mol. The Morgan fingerprint density at radius 2 is 2.40 bits per heavy atom. The smallest absolute Gasteiger partial charge is 0.292 e. The molecule has 1 aromatic rings. The van der Waals surface area contributed by atoms with E-state index in [0.717, 1.165) is 25.0 Å². The van der Waals surface area contributed by atoms with Gasteiger partial charge in [-0.1, -0.05) is 0 Å². The molecule has 1 atom stereocenters. The Hall–Kier alpha value is -1.66. The van der Waals surface area contributed by atoms with Crippen LogP contribution in [-0.2, 0) is 16.1 Å². The first-order valence-electron chi connectivity index (χ1n) is 6.91. The van der Waals surface area contributed by atoms with Crippen LogP contribution in [0.1, 0.15) is 25.3 Å². The van der Waals surface area contributed by atoms with Crippen molar-refractivity contribution in [2.24, 2.45) is 0 Å². The highest BCUT2D eigenvalue weighted by atomic mass is 16.6. The first-order chi connectivity index (χ1) is 9.70. The van der Waals surface area contributed by atoms with Crippen molar-refractivity contribution >= 4 is 11.4 Å². The summed E-state index contributed by atoms with van der Waals surface area (Å²) in [4.78, 5) is 10.5. The summed E-state index contributed by atoms with van der Waals surface area (Å²) in [5.41, 5.74) is 1.55. The molecular weight excluding hydrogens is 260 g/mol. The van der Waals surface area contributed by atoms with Crippen molar-refractivity contribution in [1.82, 2.24) is 0 Å². The summed E-state index contributed by atoms with van der Waals surface area (Å²) in [6.45, 7) is 4.38. The van der Waals surface area contributed by atoms with Crippen molar-refractivity contribution in [2.45, 2.75) is 32.5 Å². The SMILES string of the molecule is CCNc1cc(COCC2CCCO2)ccc1[N+](=O)[O-]. The minimum atomic E-state index is -0.380. The third kappa shape index (κ3) is 3.91. The number of hydrogen-bond acceptors (Lipinski definition) is 5. The molecule has 1 N–H and O–H groups in total. The van der Waals surface area contributed by atoms with Gasteiger partial charge in [0.2, 0.25) is 0 Å². The Balaban J connectivity index is 1.93. The van der Waals surface area contributed by atoms with Crippen molar-refractivity contribution in [1.29, 1.82) is 0 Å². The normalized spacial score (nSPS) is 18.1. The quantitative estimate of drug-likeness (QED) is 0.614. The Morgan fingerprint density at radius 3 is 3.05 bits per heavy atom. The molecule has 0 saturated carbocycles. The maximum absolute atomic E-state index is 10.9. The molecule has 110 valence electrons. The zero-order valence-electron chi connectivity index (χ0n) is 11.6. The number of ether oxygens (including phenoxy) is 2. The molecule has 0 aliphatic carbocycles. The molecule has 1 unspecified atom stereocenters. The minimum absolute atomic E-state index is 0.0923. The molecule has 0 amide bonds. The van der Waals surface area contributed by atoms with Gasteiger partial charge in [0.25, 0.3) is 5.69 Å². The highest BCUT2D eigenvalue weighted by molar-refractivity contribution is 5.62. The number of hydrogen-bond donors (Lipinski definition) is 1. The van der Waals surface area contributed by atoms with E-state index in [2.05, 4.69) is 5.32 Å². The molecule has 0 bridgehead atoms. The number of nitrogens with one attached hydrogen (secondary N) is 1. The molecule has 1 saturated heterocycles. The van der Waals surface area contributed by atoms with E-state index in [1.165, 1.54) is 6.07 Å². The van der Waals surface area contributed by atoms with Gasteiger partial charge in [0.15, 0.2) is 0 Å². The standard InChI is InChI=1S/C14H20N2O4/c1-2-15-13-8-11(5-6-14(13)16(17)18)9-19-10-12-4-3-7-20-12/h5-6,8,12,15H,2-4,7,9-10H2,1H3. The molecule has 0 aromatic heterocycles. The highest BCUT2D eigenvalue weighted by Gasteiger charge is 2.16. The number of benzene rings is 1. The van der Waals surface area contributed by atoms with Crippen LogP contribution < -0.4 is 5.32 Å². The van der Waals surface area contributed by atoms with Gasteiger partial charge >= 0.3 is 0 Å². The van der Waals surface area contributed by atoms with Crippen molar-refractivity contribution < 1.29 is 14.4 Å². The molecular formula is C14H20N2O4. The van der Waals surface area contributed by atoms with Gasteiger partial charge in [0.05, 0.1) is 24.2 Å². The van der Waals surface area contributed by atoms with E-state index < -0.39 is 0 Å². The van der Waals surface area contributed by atoms with E-state index in [1.54, 1.807) is 12.1 Å². The molecule has 1 fully saturated rings. The zero-order chi connectivity index (χ0) is 14.4. The van der Waals surface area contributed by atoms with Gasteiger partial charge in [0, 0.05) is 19.2 Å². The van der Waals surface area contributed by atoms with Crippen molar-refractivity contribution in [3.05, 3.63) is 33.9 Å². The molecule has 1 aromatic carbocycles. The monoisotopic (exact) mass is 280 g/mol. The van der Waals surface area contributed by atoms with E-state index >= 15 is 0 Å². The zero-order valence-corrected chi connectivity index (χ0v) is 11.6. The van der Waals surface area contributed by atoms with Crippen molar-refractivity contribution in [3.8, 4) is 0 Å². The topological polar surface area (TPSA) is 73.6 Å². The van der Waals surface area contributed by atoms with Crippen LogP contribution in [0.3, 0.4) is 0 Å². The maximum Gasteiger partial charge on any atom is 0.292 e. The van der Waals surface area contributed by atoms with Crippen LogP contribution in [-0.4, -0.2) is 30.8 Å². The molecule has 0 spiro atoms. The van der Waals surface area contributed by atoms with E-state index in [1.807, 2.05) is 6.92 Å². The van der Waals surface area contributed by atoms with Gasteiger partial charge in [-0.15, -0.1) is 0 Å². The van der Waals surface area contributed by atoms with Crippen LogP contribution in [0.2, 0.25) is 0 Å². The Labute approximate surface area is 118 Å². The molecule has 20 heavy (non-hydrogen) atoms. The van der Waals surface area contributed by atoms with E-state index in [-0.39, 0.29) is 16.7 Å². The average molecular weight is 280 g/mol. The summed E-state index contributed by atoms with van der Waals surface area (Å²) < 4.78 is 11.1. The Kier molecular flexibility index (Phi) is 5.31. The van der Waals surface area contributed by atoms with Gasteiger partial charge in [-0.3, -0.25) is 10.1 Å². The summed E-state index contributed by atoms with van der Waals surface area (Å²) in [5.74, 6) is 0. The Morgan fingerprint density at radius 1 is 1.55 bits per heavy atom. The van der Waals surface area contributed by atoms with Crippen LogP contribution >= 0.6 is 0 Å². The second-order valence-corrected chi connectivity index (χ2v) is 4.79. The van der Waals surface area contributed by atoms with Crippen molar-refractivity contribution in [2.75, 3.05) is 25.1 Å². The first kappa shape index (κ1) is 14.7. The lowest BCUT2D eigenvalue weighted by Gasteiger charge is -2.11. The fraction of sp³-hybridized carbons (Fsp3) is 0.571. The second kappa shape index (κ2) is 7.21. The fourth-order valence-electron chi connectivity index (χ4n) is 2.25. The third-order valence-electron chi connectivity index (χ3n) is 3.22. The van der Waals surface area contributed by atoms with Gasteiger partial charge in [-0.2, -0.15) is 0 Å². The first-order valence-corrected chi connectivity index (χ1v) is 6.91. The summed E-state index contributed by atoms with van der Waals surface area (Å²) in [7, 11) is 0. The van der Waals surface area contributed by atoms with Crippen LogP contribution in [0.4, 0.5) is 11.4 Å². The molecule has 6 heteroatoms. The van der Waals surface area contributed by atoms with Crippen LogP contribution in [0.5, 0.6) is 0 Å². The number of nitro benzene ring substituents is 1. The summed E-state index contributed by atoms with van der Waals surface area (Å²) in [5, 5.41) is 13.9. The summed E-state index contributed by atoms with van der Waals surface area (Å²) in [6.07, 6.45) is 2.33. The predicted octanol–water partition coefficient (Wildman–Crippen LogP) is 2.72. The van der Waals surface area contributed by atoms with Crippen molar-refractivity contribution in [3.63, 3.8) is 0 Å². The fourth-order valence-corrected chi connectivity index (χ4v) is 2.25. The lowest BCUT2D eigenvalue weighted by atomic mass is 10.2. The molecule has 2 rings (SSSR count). The van der Waals surface area contributed by atoms with Crippen LogP contribution in [0.15, 0.2) is 18.2 Å². The van der Waals surface area contributed by atoms with Crippen LogP contribution in [0.25, 0.3) is 0 Å².